The van der Waals surface area contributed by atoms with Gasteiger partial charge in [0.15, 0.2) is 5.65 Å². The third-order valence-electron chi connectivity index (χ3n) is 3.49. The molecule has 106 valence electrons. The molecule has 3 aromatic rings. The zero-order valence-corrected chi connectivity index (χ0v) is 12.2. The van der Waals surface area contributed by atoms with Gasteiger partial charge in [0, 0.05) is 35.5 Å². The molecule has 1 unspecified atom stereocenters. The summed E-state index contributed by atoms with van der Waals surface area (Å²) in [5.41, 5.74) is 9.11. The van der Waals surface area contributed by atoms with Gasteiger partial charge in [-0.3, -0.25) is 4.79 Å². The molecule has 21 heavy (non-hydrogen) atoms. The Balaban J connectivity index is 2.21. The zero-order chi connectivity index (χ0) is 15.0. The Bertz CT molecular complexity index is 854. The molecule has 0 bridgehead atoms. The van der Waals surface area contributed by atoms with Crippen molar-refractivity contribution in [3.63, 3.8) is 0 Å². The van der Waals surface area contributed by atoms with E-state index < -0.39 is 0 Å². The van der Waals surface area contributed by atoms with Crippen molar-refractivity contribution < 1.29 is 0 Å². The SMILES string of the molecule is CC(N)c1ccc(-c2ccnc3c2ccc(=O)n3Cl)cc1. The number of hydrogen-bond acceptors (Lipinski definition) is 3. The number of hydrogen-bond donors (Lipinski definition) is 1. The fourth-order valence-electron chi connectivity index (χ4n) is 2.33. The predicted molar refractivity (Wildman–Crippen MR) is 85.3 cm³/mol. The molecule has 0 saturated heterocycles. The summed E-state index contributed by atoms with van der Waals surface area (Å²) in [4.78, 5) is 15.8. The molecule has 0 amide bonds. The maximum absolute atomic E-state index is 11.6. The van der Waals surface area contributed by atoms with Gasteiger partial charge in [0.2, 0.25) is 0 Å². The summed E-state index contributed by atoms with van der Waals surface area (Å²) in [6.07, 6.45) is 1.65. The summed E-state index contributed by atoms with van der Waals surface area (Å²) < 4.78 is 1.04. The molecule has 5 heteroatoms. The second-order valence-corrected chi connectivity index (χ2v) is 5.30. The summed E-state index contributed by atoms with van der Waals surface area (Å²) in [5.74, 6) is 0. The number of aromatic nitrogens is 2. The number of halogens is 1. The molecular formula is C16H14ClN3O. The van der Waals surface area contributed by atoms with Gasteiger partial charge in [0.05, 0.1) is 0 Å². The van der Waals surface area contributed by atoms with Gasteiger partial charge in [0.1, 0.15) is 0 Å². The van der Waals surface area contributed by atoms with Crippen molar-refractivity contribution in [1.82, 2.24) is 9.07 Å². The van der Waals surface area contributed by atoms with E-state index in [1.807, 2.05) is 37.3 Å². The summed E-state index contributed by atoms with van der Waals surface area (Å²) in [5, 5.41) is 0.834. The Morgan fingerprint density at radius 1 is 1.14 bits per heavy atom. The summed E-state index contributed by atoms with van der Waals surface area (Å²) in [7, 11) is 0. The summed E-state index contributed by atoms with van der Waals surface area (Å²) in [6.45, 7) is 1.95. The van der Waals surface area contributed by atoms with Crippen LogP contribution in [0.25, 0.3) is 22.2 Å². The van der Waals surface area contributed by atoms with E-state index in [4.69, 9.17) is 17.5 Å². The number of fused-ring (bicyclic) bond motifs is 1. The van der Waals surface area contributed by atoms with Crippen LogP contribution in [0.4, 0.5) is 0 Å². The number of rotatable bonds is 2. The first-order chi connectivity index (χ1) is 10.1. The molecule has 1 atom stereocenters. The fraction of sp³-hybridized carbons (Fsp3) is 0.125. The molecule has 2 heterocycles. The molecule has 0 radical (unpaired) electrons. The summed E-state index contributed by atoms with van der Waals surface area (Å²) in [6, 6.07) is 13.1. The molecule has 1 aromatic carbocycles. The van der Waals surface area contributed by atoms with Gasteiger partial charge >= 0.3 is 0 Å². The second-order valence-electron chi connectivity index (χ2n) is 4.96. The highest BCUT2D eigenvalue weighted by Crippen LogP contribution is 2.27. The summed E-state index contributed by atoms with van der Waals surface area (Å²) >= 11 is 5.98. The first-order valence-electron chi connectivity index (χ1n) is 6.61. The van der Waals surface area contributed by atoms with E-state index in [1.165, 1.54) is 6.07 Å². The highest BCUT2D eigenvalue weighted by atomic mass is 35.5. The molecular weight excluding hydrogens is 286 g/mol. The number of nitrogens with zero attached hydrogens (tertiary/aromatic N) is 2. The Kier molecular flexibility index (Phi) is 3.49. The zero-order valence-electron chi connectivity index (χ0n) is 11.5. The van der Waals surface area contributed by atoms with Crippen molar-refractivity contribution in [2.75, 3.05) is 0 Å². The average Bonchev–Trinajstić information content (AvgIpc) is 2.50. The average molecular weight is 300 g/mol. The molecule has 2 N–H and O–H groups in total. The van der Waals surface area contributed by atoms with Crippen LogP contribution >= 0.6 is 11.8 Å². The first kappa shape index (κ1) is 13.8. The maximum Gasteiger partial charge on any atom is 0.266 e. The highest BCUT2D eigenvalue weighted by molar-refractivity contribution is 6.18. The van der Waals surface area contributed by atoms with Crippen LogP contribution in [0.1, 0.15) is 18.5 Å². The molecule has 0 fully saturated rings. The van der Waals surface area contributed by atoms with Crippen molar-refractivity contribution in [1.29, 1.82) is 0 Å². The van der Waals surface area contributed by atoms with Crippen molar-refractivity contribution in [3.05, 3.63) is 64.6 Å². The van der Waals surface area contributed by atoms with Crippen LogP contribution in [-0.4, -0.2) is 9.07 Å². The molecule has 0 aliphatic rings. The molecule has 0 saturated carbocycles. The van der Waals surface area contributed by atoms with Gasteiger partial charge in [-0.05, 0) is 35.7 Å². The van der Waals surface area contributed by atoms with E-state index >= 15 is 0 Å². The van der Waals surface area contributed by atoms with Crippen LogP contribution in [0.5, 0.6) is 0 Å². The van der Waals surface area contributed by atoms with Crippen molar-refractivity contribution in [3.8, 4) is 11.1 Å². The minimum atomic E-state index is -0.291. The molecule has 4 nitrogen and oxygen atoms in total. The van der Waals surface area contributed by atoms with Crippen LogP contribution in [0.3, 0.4) is 0 Å². The van der Waals surface area contributed by atoms with Gasteiger partial charge in [-0.1, -0.05) is 24.3 Å². The van der Waals surface area contributed by atoms with E-state index in [0.717, 1.165) is 26.2 Å². The monoisotopic (exact) mass is 299 g/mol. The van der Waals surface area contributed by atoms with E-state index in [-0.39, 0.29) is 11.6 Å². The van der Waals surface area contributed by atoms with E-state index in [1.54, 1.807) is 12.3 Å². The molecule has 2 aromatic heterocycles. The largest absolute Gasteiger partial charge is 0.324 e. The Morgan fingerprint density at radius 2 is 1.86 bits per heavy atom. The lowest BCUT2D eigenvalue weighted by Crippen LogP contribution is -2.12. The minimum absolute atomic E-state index is 0.00116. The van der Waals surface area contributed by atoms with Crippen LogP contribution < -0.4 is 11.3 Å². The highest BCUT2D eigenvalue weighted by Gasteiger charge is 2.09. The van der Waals surface area contributed by atoms with Gasteiger partial charge in [-0.25, -0.2) is 4.98 Å². The smallest absolute Gasteiger partial charge is 0.266 e. The normalized spacial score (nSPS) is 12.5. The quantitative estimate of drug-likeness (QED) is 0.791. The van der Waals surface area contributed by atoms with Crippen molar-refractivity contribution in [2.24, 2.45) is 5.73 Å². The third kappa shape index (κ3) is 2.44. The third-order valence-corrected chi connectivity index (χ3v) is 3.82. The Morgan fingerprint density at radius 3 is 2.52 bits per heavy atom. The van der Waals surface area contributed by atoms with Crippen LogP contribution in [0, 0.1) is 0 Å². The standard InChI is InChI=1S/C16H14ClN3O/c1-10(18)11-2-4-12(5-3-11)13-8-9-19-16-14(13)6-7-15(21)20(16)17/h2-10H,18H2,1H3. The minimum Gasteiger partial charge on any atom is -0.324 e. The second kappa shape index (κ2) is 5.31. The molecule has 0 aliphatic carbocycles. The van der Waals surface area contributed by atoms with Crippen molar-refractivity contribution in [2.45, 2.75) is 13.0 Å². The van der Waals surface area contributed by atoms with Gasteiger partial charge in [-0.2, -0.15) is 4.09 Å². The molecule has 3 rings (SSSR count). The number of pyridine rings is 2. The van der Waals surface area contributed by atoms with Gasteiger partial charge in [0.25, 0.3) is 5.56 Å². The fourth-order valence-corrected chi connectivity index (χ4v) is 2.52. The van der Waals surface area contributed by atoms with E-state index in [9.17, 15) is 4.79 Å². The number of benzene rings is 1. The topological polar surface area (TPSA) is 60.9 Å². The van der Waals surface area contributed by atoms with E-state index in [2.05, 4.69) is 4.98 Å². The Labute approximate surface area is 126 Å². The lowest BCUT2D eigenvalue weighted by atomic mass is 10.00. The molecule has 0 spiro atoms. The van der Waals surface area contributed by atoms with Gasteiger partial charge in [-0.15, -0.1) is 0 Å². The Hall–Kier alpha value is -2.17. The maximum atomic E-state index is 11.6. The number of nitrogens with two attached hydrogens (primary N) is 1. The van der Waals surface area contributed by atoms with E-state index in [0.29, 0.717) is 5.65 Å². The first-order valence-corrected chi connectivity index (χ1v) is 6.94. The van der Waals surface area contributed by atoms with Crippen molar-refractivity contribution >= 4 is 22.8 Å². The lowest BCUT2D eigenvalue weighted by Gasteiger charge is -2.10. The predicted octanol–water partition coefficient (Wildman–Crippen LogP) is 3.09. The lowest BCUT2D eigenvalue weighted by molar-refractivity contribution is 0.818. The van der Waals surface area contributed by atoms with Crippen LogP contribution in [0.15, 0.2) is 53.5 Å². The van der Waals surface area contributed by atoms with Gasteiger partial charge < -0.3 is 5.73 Å². The molecule has 0 aliphatic heterocycles. The van der Waals surface area contributed by atoms with Crippen LogP contribution in [-0.2, 0) is 0 Å². The van der Waals surface area contributed by atoms with Crippen LogP contribution in [0.2, 0.25) is 0 Å².